The van der Waals surface area contributed by atoms with Crippen molar-refractivity contribution in [3.63, 3.8) is 0 Å². The van der Waals surface area contributed by atoms with Gasteiger partial charge in [0, 0.05) is 19.2 Å². The van der Waals surface area contributed by atoms with E-state index in [2.05, 4.69) is 20.9 Å². The average Bonchev–Trinajstić information content (AvgIpc) is 3.15. The lowest BCUT2D eigenvalue weighted by Crippen LogP contribution is -2.41. The van der Waals surface area contributed by atoms with E-state index in [1.165, 1.54) is 7.05 Å². The van der Waals surface area contributed by atoms with E-state index in [4.69, 9.17) is 4.74 Å². The number of hydrogen-bond acceptors (Lipinski definition) is 8. The maximum atomic E-state index is 12.7. The van der Waals surface area contributed by atoms with E-state index >= 15 is 0 Å². The van der Waals surface area contributed by atoms with E-state index in [0.29, 0.717) is 47.2 Å². The predicted octanol–water partition coefficient (Wildman–Crippen LogP) is 2.28. The van der Waals surface area contributed by atoms with Crippen LogP contribution in [0.4, 0.5) is 10.8 Å². The maximum absolute atomic E-state index is 12.7. The second-order valence-corrected chi connectivity index (χ2v) is 8.88. The molecule has 1 saturated heterocycles. The minimum atomic E-state index is -0.582. The van der Waals surface area contributed by atoms with Crippen LogP contribution in [0.2, 0.25) is 0 Å². The fourth-order valence-corrected chi connectivity index (χ4v) is 4.93. The second-order valence-electron chi connectivity index (χ2n) is 7.86. The Morgan fingerprint density at radius 3 is 2.53 bits per heavy atom. The van der Waals surface area contributed by atoms with Gasteiger partial charge in [0.25, 0.3) is 5.91 Å². The Morgan fingerprint density at radius 1 is 1.18 bits per heavy atom. The van der Waals surface area contributed by atoms with Crippen LogP contribution in [0, 0.1) is 12.8 Å². The molecular formula is C23H29N5O5S. The Balaban J connectivity index is 1.58. The summed E-state index contributed by atoms with van der Waals surface area (Å²) in [5.41, 5.74) is 0.668. The van der Waals surface area contributed by atoms with Gasteiger partial charge >= 0.3 is 5.97 Å². The maximum Gasteiger partial charge on any atom is 0.341 e. The number of nitrogens with zero attached hydrogens (tertiary/aromatic N) is 2. The number of carbonyl (C=O) groups is 4. The van der Waals surface area contributed by atoms with Crippen LogP contribution < -0.4 is 16.0 Å². The van der Waals surface area contributed by atoms with Crippen LogP contribution in [0.5, 0.6) is 0 Å². The first kappa shape index (κ1) is 25.3. The molecule has 0 radical (unpaired) electrons. The van der Waals surface area contributed by atoms with Crippen LogP contribution in [0.1, 0.15) is 45.4 Å². The van der Waals surface area contributed by atoms with Crippen molar-refractivity contribution in [2.45, 2.75) is 26.7 Å². The first-order chi connectivity index (χ1) is 16.3. The van der Waals surface area contributed by atoms with Gasteiger partial charge in [0.15, 0.2) is 0 Å². The lowest BCUT2D eigenvalue weighted by atomic mass is 9.96. The van der Waals surface area contributed by atoms with Crippen LogP contribution in [-0.4, -0.2) is 66.9 Å². The van der Waals surface area contributed by atoms with Crippen molar-refractivity contribution in [3.8, 4) is 0 Å². The van der Waals surface area contributed by atoms with Crippen molar-refractivity contribution in [2.75, 3.05) is 43.9 Å². The highest BCUT2D eigenvalue weighted by Crippen LogP contribution is 2.34. The molecule has 1 aliphatic heterocycles. The molecule has 3 N–H and O–H groups in total. The predicted molar refractivity (Wildman–Crippen MR) is 129 cm³/mol. The number of anilines is 2. The number of hydrogen-bond donors (Lipinski definition) is 3. The number of esters is 1. The third kappa shape index (κ3) is 6.17. The molecule has 0 aromatic carbocycles. The van der Waals surface area contributed by atoms with Crippen molar-refractivity contribution >= 4 is 45.8 Å². The molecule has 2 aromatic heterocycles. The minimum Gasteiger partial charge on any atom is -0.462 e. The van der Waals surface area contributed by atoms with Crippen LogP contribution in [0.25, 0.3) is 0 Å². The summed E-state index contributed by atoms with van der Waals surface area (Å²) in [5, 5.41) is 8.44. The summed E-state index contributed by atoms with van der Waals surface area (Å²) in [5.74, 6) is -0.911. The minimum absolute atomic E-state index is 0.0716. The Labute approximate surface area is 202 Å². The lowest BCUT2D eigenvalue weighted by Gasteiger charge is -2.30. The molecule has 11 heteroatoms. The van der Waals surface area contributed by atoms with Crippen molar-refractivity contribution in [1.82, 2.24) is 15.2 Å². The van der Waals surface area contributed by atoms with Crippen molar-refractivity contribution in [2.24, 2.45) is 5.92 Å². The monoisotopic (exact) mass is 487 g/mol. The van der Waals surface area contributed by atoms with E-state index < -0.39 is 5.97 Å². The summed E-state index contributed by atoms with van der Waals surface area (Å²) in [7, 11) is 1.50. The van der Waals surface area contributed by atoms with Crippen LogP contribution in [0.15, 0.2) is 24.4 Å². The number of rotatable bonds is 8. The van der Waals surface area contributed by atoms with Gasteiger partial charge in [0.2, 0.25) is 11.8 Å². The van der Waals surface area contributed by atoms with Gasteiger partial charge < -0.3 is 20.7 Å². The largest absolute Gasteiger partial charge is 0.462 e. The van der Waals surface area contributed by atoms with Crippen molar-refractivity contribution in [1.29, 1.82) is 0 Å². The van der Waals surface area contributed by atoms with Gasteiger partial charge in [-0.3, -0.25) is 19.3 Å². The smallest absolute Gasteiger partial charge is 0.341 e. The van der Waals surface area contributed by atoms with Crippen LogP contribution in [0.3, 0.4) is 0 Å². The van der Waals surface area contributed by atoms with E-state index in [1.807, 2.05) is 11.0 Å². The summed E-state index contributed by atoms with van der Waals surface area (Å²) in [6.07, 6.45) is 2.87. The Bertz CT molecular complexity index is 1050. The van der Waals surface area contributed by atoms with Gasteiger partial charge in [-0.15, -0.1) is 11.3 Å². The third-order valence-electron chi connectivity index (χ3n) is 5.55. The molecule has 182 valence electrons. The number of carbonyl (C=O) groups excluding carboxylic acids is 4. The van der Waals surface area contributed by atoms with Crippen LogP contribution >= 0.6 is 11.3 Å². The summed E-state index contributed by atoms with van der Waals surface area (Å²) in [4.78, 5) is 56.3. The quantitative estimate of drug-likeness (QED) is 0.487. The molecule has 0 bridgehead atoms. The standard InChI is InChI=1S/C23H29N5O5S/c1-4-33-23(32)18-14(2)19(21(31)24-3)34-22(18)27-17(29)13-28-11-8-15(9-12-28)20(30)26-16-7-5-6-10-25-16/h5-7,10,15H,4,8-9,11-13H2,1-3H3,(H,24,31)(H,27,29)(H,25,26,30). The number of nitrogens with one attached hydrogen (secondary N) is 3. The van der Waals surface area contributed by atoms with Gasteiger partial charge in [-0.2, -0.15) is 0 Å². The normalized spacial score (nSPS) is 14.3. The van der Waals surface area contributed by atoms with Gasteiger partial charge in [0.1, 0.15) is 10.8 Å². The van der Waals surface area contributed by atoms with Crippen molar-refractivity contribution < 1.29 is 23.9 Å². The number of likely N-dealkylation sites (tertiary alicyclic amines) is 1. The zero-order valence-corrected chi connectivity index (χ0v) is 20.3. The topological polar surface area (TPSA) is 130 Å². The fraction of sp³-hybridized carbons (Fsp3) is 0.435. The van der Waals surface area contributed by atoms with Crippen LogP contribution in [-0.2, 0) is 14.3 Å². The van der Waals surface area contributed by atoms with Crippen molar-refractivity contribution in [3.05, 3.63) is 40.4 Å². The molecule has 1 aliphatic rings. The summed E-state index contributed by atoms with van der Waals surface area (Å²) in [6, 6.07) is 5.33. The first-order valence-corrected chi connectivity index (χ1v) is 11.9. The molecule has 0 unspecified atom stereocenters. The highest BCUT2D eigenvalue weighted by atomic mass is 32.1. The number of amides is 3. The Kier molecular flexibility index (Phi) is 8.72. The highest BCUT2D eigenvalue weighted by Gasteiger charge is 2.29. The first-order valence-electron chi connectivity index (χ1n) is 11.1. The van der Waals surface area contributed by atoms with E-state index in [9.17, 15) is 19.2 Å². The zero-order valence-electron chi connectivity index (χ0n) is 19.5. The Morgan fingerprint density at radius 2 is 1.91 bits per heavy atom. The number of aromatic nitrogens is 1. The average molecular weight is 488 g/mol. The summed E-state index contributed by atoms with van der Waals surface area (Å²) >= 11 is 1.05. The Hall–Kier alpha value is -3.31. The molecular weight excluding hydrogens is 458 g/mol. The molecule has 0 saturated carbocycles. The number of pyridine rings is 1. The number of ether oxygens (including phenoxy) is 1. The SMILES string of the molecule is CCOC(=O)c1c(NC(=O)CN2CCC(C(=O)Nc3ccccn3)CC2)sc(C(=O)NC)c1C. The molecule has 3 heterocycles. The van der Waals surface area contributed by atoms with E-state index in [-0.39, 0.29) is 42.4 Å². The second kappa shape index (κ2) is 11.7. The van der Waals surface area contributed by atoms with E-state index in [1.54, 1.807) is 32.2 Å². The molecule has 0 atom stereocenters. The molecule has 1 fully saturated rings. The van der Waals surface area contributed by atoms with Gasteiger partial charge in [0.05, 0.1) is 23.6 Å². The molecule has 34 heavy (non-hydrogen) atoms. The molecule has 3 amide bonds. The molecule has 0 aliphatic carbocycles. The molecule has 0 spiro atoms. The van der Waals surface area contributed by atoms with Gasteiger partial charge in [-0.25, -0.2) is 9.78 Å². The lowest BCUT2D eigenvalue weighted by molar-refractivity contribution is -0.121. The van der Waals surface area contributed by atoms with E-state index in [0.717, 1.165) is 11.3 Å². The number of thiophene rings is 1. The highest BCUT2D eigenvalue weighted by molar-refractivity contribution is 7.18. The van der Waals surface area contributed by atoms with Gasteiger partial charge in [-0.1, -0.05) is 6.07 Å². The fourth-order valence-electron chi connectivity index (χ4n) is 3.77. The third-order valence-corrected chi connectivity index (χ3v) is 6.76. The summed E-state index contributed by atoms with van der Waals surface area (Å²) < 4.78 is 5.12. The molecule has 10 nitrogen and oxygen atoms in total. The molecule has 2 aromatic rings. The molecule has 3 rings (SSSR count). The zero-order chi connectivity index (χ0) is 24.7. The van der Waals surface area contributed by atoms with Gasteiger partial charge in [-0.05, 0) is 57.5 Å². The summed E-state index contributed by atoms with van der Waals surface area (Å²) in [6.45, 7) is 4.82. The number of piperidine rings is 1.